The van der Waals surface area contributed by atoms with Crippen molar-refractivity contribution >= 4 is 23.3 Å². The van der Waals surface area contributed by atoms with E-state index >= 15 is 0 Å². The van der Waals surface area contributed by atoms with Crippen LogP contribution in [0.3, 0.4) is 0 Å². The number of carbonyl (C=O) groups excluding carboxylic acids is 1. The molecule has 7 heteroatoms. The third kappa shape index (κ3) is 4.80. The smallest absolute Gasteiger partial charge is 0.338 e. The number of hydrogen-bond donors (Lipinski definition) is 2. The molecule has 0 bridgehead atoms. The number of esters is 1. The van der Waals surface area contributed by atoms with Crippen molar-refractivity contribution in [2.75, 3.05) is 20.3 Å². The summed E-state index contributed by atoms with van der Waals surface area (Å²) in [7, 11) is 1.61. The second kappa shape index (κ2) is 9.23. The molecule has 1 aliphatic rings. The molecule has 3 rings (SSSR count). The molecule has 0 aliphatic carbocycles. The first-order valence-corrected chi connectivity index (χ1v) is 9.26. The van der Waals surface area contributed by atoms with Crippen LogP contribution in [-0.2, 0) is 9.53 Å². The van der Waals surface area contributed by atoms with E-state index in [1.165, 1.54) is 0 Å². The van der Waals surface area contributed by atoms with Gasteiger partial charge in [-0.1, -0.05) is 30.3 Å². The highest BCUT2D eigenvalue weighted by Crippen LogP contribution is 2.28. The van der Waals surface area contributed by atoms with Crippen LogP contribution in [0, 0.1) is 0 Å². The summed E-state index contributed by atoms with van der Waals surface area (Å²) in [6.07, 6.45) is 0. The Balaban J connectivity index is 1.67. The van der Waals surface area contributed by atoms with Gasteiger partial charge in [-0.3, -0.25) is 0 Å². The van der Waals surface area contributed by atoms with Crippen molar-refractivity contribution in [3.8, 4) is 11.5 Å². The van der Waals surface area contributed by atoms with Gasteiger partial charge in [-0.05, 0) is 49.0 Å². The van der Waals surface area contributed by atoms with Gasteiger partial charge in [0.1, 0.15) is 24.7 Å². The first-order chi connectivity index (χ1) is 13.6. The van der Waals surface area contributed by atoms with Gasteiger partial charge in [0.25, 0.3) is 0 Å². The molecule has 0 radical (unpaired) electrons. The zero-order valence-electron chi connectivity index (χ0n) is 15.7. The second-order valence-corrected chi connectivity index (χ2v) is 6.55. The highest BCUT2D eigenvalue weighted by molar-refractivity contribution is 7.80. The third-order valence-electron chi connectivity index (χ3n) is 4.27. The molecule has 0 fully saturated rings. The van der Waals surface area contributed by atoms with Gasteiger partial charge in [-0.2, -0.15) is 0 Å². The van der Waals surface area contributed by atoms with Crippen LogP contribution in [0.2, 0.25) is 0 Å². The predicted molar refractivity (Wildman–Crippen MR) is 110 cm³/mol. The highest BCUT2D eigenvalue weighted by atomic mass is 32.1. The normalized spacial score (nSPS) is 16.1. The van der Waals surface area contributed by atoms with Crippen molar-refractivity contribution in [3.63, 3.8) is 0 Å². The fraction of sp³-hybridized carbons (Fsp3) is 0.238. The Morgan fingerprint density at radius 1 is 1.04 bits per heavy atom. The average Bonchev–Trinajstić information content (AvgIpc) is 2.71. The maximum Gasteiger partial charge on any atom is 0.338 e. The Morgan fingerprint density at radius 2 is 1.75 bits per heavy atom. The molecule has 0 saturated carbocycles. The molecule has 2 aromatic rings. The Kier molecular flexibility index (Phi) is 6.49. The summed E-state index contributed by atoms with van der Waals surface area (Å²) >= 11 is 5.26. The predicted octanol–water partition coefficient (Wildman–Crippen LogP) is 3.11. The van der Waals surface area contributed by atoms with E-state index < -0.39 is 12.0 Å². The van der Waals surface area contributed by atoms with Gasteiger partial charge in [0.05, 0.1) is 18.7 Å². The Bertz CT molecular complexity index is 866. The summed E-state index contributed by atoms with van der Waals surface area (Å²) in [6, 6.07) is 16.5. The van der Waals surface area contributed by atoms with Crippen molar-refractivity contribution in [1.29, 1.82) is 0 Å². The molecular weight excluding hydrogens is 376 g/mol. The quantitative estimate of drug-likeness (QED) is 0.422. The van der Waals surface area contributed by atoms with E-state index in [0.717, 1.165) is 17.1 Å². The first-order valence-electron chi connectivity index (χ1n) is 8.85. The van der Waals surface area contributed by atoms with Crippen molar-refractivity contribution in [2.24, 2.45) is 0 Å². The van der Waals surface area contributed by atoms with Crippen LogP contribution in [0.25, 0.3) is 0 Å². The monoisotopic (exact) mass is 398 g/mol. The van der Waals surface area contributed by atoms with Crippen molar-refractivity contribution in [2.45, 2.75) is 13.0 Å². The topological polar surface area (TPSA) is 68.8 Å². The van der Waals surface area contributed by atoms with E-state index in [4.69, 9.17) is 26.4 Å². The lowest BCUT2D eigenvalue weighted by atomic mass is 9.95. The molecule has 6 nitrogen and oxygen atoms in total. The van der Waals surface area contributed by atoms with Gasteiger partial charge in [0.2, 0.25) is 0 Å². The van der Waals surface area contributed by atoms with Crippen molar-refractivity contribution < 1.29 is 19.0 Å². The van der Waals surface area contributed by atoms with Gasteiger partial charge in [0.15, 0.2) is 5.11 Å². The number of benzene rings is 2. The zero-order chi connectivity index (χ0) is 19.9. The van der Waals surface area contributed by atoms with Crippen LogP contribution in [0.5, 0.6) is 11.5 Å². The summed E-state index contributed by atoms with van der Waals surface area (Å²) in [5.74, 6) is 1.05. The van der Waals surface area contributed by atoms with Crippen molar-refractivity contribution in [1.82, 2.24) is 10.6 Å². The molecule has 1 heterocycles. The summed E-state index contributed by atoms with van der Waals surface area (Å²) < 4.78 is 16.2. The number of methoxy groups -OCH3 is 1. The van der Waals surface area contributed by atoms with Crippen LogP contribution in [0.1, 0.15) is 18.5 Å². The number of nitrogens with one attached hydrogen (secondary N) is 2. The number of rotatable bonds is 7. The summed E-state index contributed by atoms with van der Waals surface area (Å²) in [4.78, 5) is 12.7. The molecular formula is C21H22N2O4S. The number of hydrogen-bond acceptors (Lipinski definition) is 5. The molecule has 1 unspecified atom stereocenters. The lowest BCUT2D eigenvalue weighted by Gasteiger charge is -2.30. The Morgan fingerprint density at radius 3 is 2.43 bits per heavy atom. The molecule has 2 aromatic carbocycles. The van der Waals surface area contributed by atoms with Crippen LogP contribution >= 0.6 is 12.2 Å². The third-order valence-corrected chi connectivity index (χ3v) is 4.49. The SMILES string of the molecule is COc1ccc(C2NC(=S)NC(C)=C2C(=O)OCCOc2ccccc2)cc1. The number of thiocarbonyl (C=S) groups is 1. The minimum Gasteiger partial charge on any atom is -0.497 e. The number of para-hydroxylation sites is 1. The van der Waals surface area contributed by atoms with Gasteiger partial charge in [-0.15, -0.1) is 0 Å². The van der Waals surface area contributed by atoms with E-state index in [1.807, 2.05) is 54.6 Å². The minimum absolute atomic E-state index is 0.143. The number of ether oxygens (including phenoxy) is 3. The summed E-state index contributed by atoms with van der Waals surface area (Å²) in [6.45, 7) is 2.22. The molecule has 1 aliphatic heterocycles. The summed E-state index contributed by atoms with van der Waals surface area (Å²) in [5.41, 5.74) is 2.04. The lowest BCUT2D eigenvalue weighted by Crippen LogP contribution is -2.45. The average molecular weight is 398 g/mol. The van der Waals surface area contributed by atoms with Crippen molar-refractivity contribution in [3.05, 3.63) is 71.4 Å². The van der Waals surface area contributed by atoms with E-state index in [1.54, 1.807) is 14.0 Å². The van der Waals surface area contributed by atoms with E-state index in [-0.39, 0.29) is 13.2 Å². The van der Waals surface area contributed by atoms with Gasteiger partial charge in [0, 0.05) is 5.70 Å². The lowest BCUT2D eigenvalue weighted by molar-refractivity contribution is -0.140. The summed E-state index contributed by atoms with van der Waals surface area (Å²) in [5, 5.41) is 6.59. The fourth-order valence-corrected chi connectivity index (χ4v) is 3.17. The molecule has 0 aromatic heterocycles. The molecule has 0 saturated heterocycles. The van der Waals surface area contributed by atoms with E-state index in [9.17, 15) is 4.79 Å². The molecule has 0 spiro atoms. The number of allylic oxidation sites excluding steroid dienone is 1. The van der Waals surface area contributed by atoms with Gasteiger partial charge < -0.3 is 24.8 Å². The first kappa shape index (κ1) is 19.7. The Labute approximate surface area is 169 Å². The maximum atomic E-state index is 12.7. The van der Waals surface area contributed by atoms with E-state index in [2.05, 4.69) is 10.6 Å². The standard InChI is InChI=1S/C21H22N2O4S/c1-14-18(20(24)27-13-12-26-17-6-4-3-5-7-17)19(23-21(28)22-14)15-8-10-16(25-2)11-9-15/h3-11,19H,12-13H2,1-2H3,(H2,22,23,28). The zero-order valence-corrected chi connectivity index (χ0v) is 16.5. The molecule has 28 heavy (non-hydrogen) atoms. The maximum absolute atomic E-state index is 12.7. The molecule has 1 atom stereocenters. The number of carbonyl (C=O) groups is 1. The van der Waals surface area contributed by atoms with Crippen LogP contribution in [-0.4, -0.2) is 31.4 Å². The fourth-order valence-electron chi connectivity index (χ4n) is 2.90. The van der Waals surface area contributed by atoms with Crippen LogP contribution in [0.15, 0.2) is 65.9 Å². The highest BCUT2D eigenvalue weighted by Gasteiger charge is 2.30. The van der Waals surface area contributed by atoms with E-state index in [0.29, 0.717) is 16.4 Å². The van der Waals surface area contributed by atoms with Crippen LogP contribution < -0.4 is 20.1 Å². The Hall–Kier alpha value is -3.06. The van der Waals surface area contributed by atoms with Crippen LogP contribution in [0.4, 0.5) is 0 Å². The molecule has 0 amide bonds. The second-order valence-electron chi connectivity index (χ2n) is 6.14. The molecule has 146 valence electrons. The largest absolute Gasteiger partial charge is 0.497 e. The van der Waals surface area contributed by atoms with Gasteiger partial charge in [-0.25, -0.2) is 4.79 Å². The molecule has 2 N–H and O–H groups in total. The minimum atomic E-state index is -0.419. The van der Waals surface area contributed by atoms with Gasteiger partial charge >= 0.3 is 5.97 Å².